The Kier molecular flexibility index (Phi) is 52.4. The molecule has 0 saturated carbocycles. The molecule has 0 fully saturated rings. The van der Waals surface area contributed by atoms with Gasteiger partial charge in [0.1, 0.15) is 19.3 Å². The number of rotatable bonds is 56. The van der Waals surface area contributed by atoms with Crippen LogP contribution in [-0.4, -0.2) is 69.4 Å². The summed E-state index contributed by atoms with van der Waals surface area (Å²) in [5, 5.41) is 3.01. The Hall–Kier alpha value is -2.29. The van der Waals surface area contributed by atoms with Crippen molar-refractivity contribution in [3.8, 4) is 0 Å². The third kappa shape index (κ3) is 54.5. The summed E-state index contributed by atoms with van der Waals surface area (Å²) < 4.78 is 30.3. The number of allylic oxidation sites excluding steroid dienone is 9. The molecule has 0 aliphatic heterocycles. The number of carbonyl (C=O) groups excluding carboxylic acids is 2. The van der Waals surface area contributed by atoms with Crippen LogP contribution < -0.4 is 10.2 Å². The number of ether oxygens (including phenoxy) is 1. The van der Waals surface area contributed by atoms with E-state index in [1.807, 2.05) is 33.3 Å². The largest absolute Gasteiger partial charge is 0.756 e. The number of likely N-dealkylation sites (N-methyl/N-ethyl adjacent to an activating group) is 1. The molecular weight excluding hydrogens is 940 g/mol. The van der Waals surface area contributed by atoms with Crippen molar-refractivity contribution < 1.29 is 37.3 Å². The zero-order valence-corrected chi connectivity index (χ0v) is 50.2. The number of carbonyl (C=O) groups is 2. The van der Waals surface area contributed by atoms with Gasteiger partial charge in [-0.15, -0.1) is 0 Å². The first-order valence-electron chi connectivity index (χ1n) is 31.1. The number of unbranched alkanes of at least 4 members (excludes halogenated alkanes) is 32. The van der Waals surface area contributed by atoms with Crippen LogP contribution in [-0.2, 0) is 27.9 Å². The Balaban J connectivity index is 5.19. The Labute approximate surface area is 458 Å². The molecule has 1 N–H and O–H groups in total. The SMILES string of the molecule is CCCCC/C=C\C/C=C\C/C=C\CCCCCCCCCCCCC(=O)OC(/C=C\CCCCCCCCCCCC)C(COP(=O)([O-])OCC[N+](C)(C)C)NC(=O)CCCCC/C=C\CCCCCCCC. The molecule has 0 aromatic heterocycles. The topological polar surface area (TPSA) is 114 Å². The van der Waals surface area contributed by atoms with Crippen LogP contribution in [0.5, 0.6) is 0 Å². The molecule has 3 unspecified atom stereocenters. The van der Waals surface area contributed by atoms with E-state index in [1.54, 1.807) is 0 Å². The summed E-state index contributed by atoms with van der Waals surface area (Å²) in [6.07, 6.45) is 67.6. The molecule has 0 heterocycles. The molecule has 0 radical (unpaired) electrons. The molecule has 0 aliphatic carbocycles. The Morgan fingerprint density at radius 2 is 0.824 bits per heavy atom. The van der Waals surface area contributed by atoms with Crippen LogP contribution in [0.25, 0.3) is 0 Å². The van der Waals surface area contributed by atoms with Gasteiger partial charge in [0.05, 0.1) is 33.8 Å². The van der Waals surface area contributed by atoms with E-state index in [1.165, 1.54) is 161 Å². The van der Waals surface area contributed by atoms with Crippen molar-refractivity contribution in [3.63, 3.8) is 0 Å². The molecule has 0 saturated heterocycles. The fourth-order valence-corrected chi connectivity index (χ4v) is 9.54. The van der Waals surface area contributed by atoms with Gasteiger partial charge in [-0.3, -0.25) is 14.2 Å². The lowest BCUT2D eigenvalue weighted by atomic mass is 10.0. The van der Waals surface area contributed by atoms with Crippen molar-refractivity contribution in [2.24, 2.45) is 0 Å². The van der Waals surface area contributed by atoms with Crippen molar-refractivity contribution in [1.82, 2.24) is 5.32 Å². The lowest BCUT2D eigenvalue weighted by Gasteiger charge is -2.30. The van der Waals surface area contributed by atoms with Gasteiger partial charge in [-0.2, -0.15) is 0 Å². The quantitative estimate of drug-likeness (QED) is 0.0212. The number of hydrogen-bond acceptors (Lipinski definition) is 7. The first-order valence-corrected chi connectivity index (χ1v) is 32.6. The number of quaternary nitrogens is 1. The molecule has 0 rings (SSSR count). The summed E-state index contributed by atoms with van der Waals surface area (Å²) in [5.41, 5.74) is 0. The number of nitrogens with one attached hydrogen (secondary N) is 1. The molecule has 0 aromatic carbocycles. The molecule has 74 heavy (non-hydrogen) atoms. The summed E-state index contributed by atoms with van der Waals surface area (Å²) in [6, 6.07) is -0.897. The van der Waals surface area contributed by atoms with Crippen LogP contribution in [0, 0.1) is 0 Å². The summed E-state index contributed by atoms with van der Waals surface area (Å²) in [4.78, 5) is 39.9. The smallest absolute Gasteiger partial charge is 0.306 e. The number of amides is 1. The second-order valence-corrected chi connectivity index (χ2v) is 23.6. The number of phosphoric ester groups is 1. The van der Waals surface area contributed by atoms with Gasteiger partial charge in [0, 0.05) is 12.8 Å². The highest BCUT2D eigenvalue weighted by Crippen LogP contribution is 2.38. The van der Waals surface area contributed by atoms with E-state index in [-0.39, 0.29) is 24.9 Å². The highest BCUT2D eigenvalue weighted by atomic mass is 31.2. The van der Waals surface area contributed by atoms with Crippen molar-refractivity contribution in [3.05, 3.63) is 60.8 Å². The number of nitrogens with zero attached hydrogens (tertiary/aromatic N) is 1. The average molecular weight is 1060 g/mol. The van der Waals surface area contributed by atoms with Gasteiger partial charge in [-0.1, -0.05) is 236 Å². The van der Waals surface area contributed by atoms with Gasteiger partial charge in [0.15, 0.2) is 0 Å². The zero-order chi connectivity index (χ0) is 54.3. The van der Waals surface area contributed by atoms with E-state index in [4.69, 9.17) is 13.8 Å². The van der Waals surface area contributed by atoms with Crippen LogP contribution in [0.15, 0.2) is 60.8 Å². The number of phosphoric acid groups is 1. The molecule has 9 nitrogen and oxygen atoms in total. The monoisotopic (exact) mass is 1060 g/mol. The Bertz CT molecular complexity index is 1450. The molecule has 0 aliphatic rings. The van der Waals surface area contributed by atoms with Gasteiger partial charge in [0.25, 0.3) is 7.82 Å². The maximum Gasteiger partial charge on any atom is 0.306 e. The lowest BCUT2D eigenvalue weighted by molar-refractivity contribution is -0.870. The second-order valence-electron chi connectivity index (χ2n) is 22.2. The van der Waals surface area contributed by atoms with Crippen molar-refractivity contribution in [2.75, 3.05) is 40.9 Å². The number of hydrogen-bond donors (Lipinski definition) is 1. The van der Waals surface area contributed by atoms with Crippen LogP contribution in [0.2, 0.25) is 0 Å². The summed E-state index contributed by atoms with van der Waals surface area (Å²) >= 11 is 0. The molecule has 0 aromatic rings. The van der Waals surface area contributed by atoms with E-state index in [0.29, 0.717) is 23.9 Å². The van der Waals surface area contributed by atoms with Crippen molar-refractivity contribution in [2.45, 2.75) is 296 Å². The third-order valence-electron chi connectivity index (χ3n) is 13.7. The standard InChI is InChI=1S/C64H119N2O7P/c1-7-10-13-16-19-22-25-28-29-30-31-32-33-34-35-36-37-39-42-45-48-51-54-57-64(68)73-62(55-52-49-46-43-40-27-24-21-18-15-12-9-3)61(60-72-74(69,70)71-59-58-66(4,5)6)65-63(67)56-53-50-47-44-41-38-26-23-20-17-14-11-8-2/h19,22,28-29,31-32,38,41,52,55,61-62H,7-18,20-21,23-27,30,33-37,39-40,42-51,53-54,56-60H2,1-6H3,(H-,65,67,69,70)/b22-19-,29-28-,32-31-,41-38-,55-52-. The fourth-order valence-electron chi connectivity index (χ4n) is 8.82. The Morgan fingerprint density at radius 1 is 0.473 bits per heavy atom. The highest BCUT2D eigenvalue weighted by molar-refractivity contribution is 7.45. The predicted octanol–water partition coefficient (Wildman–Crippen LogP) is 18.4. The van der Waals surface area contributed by atoms with E-state index in [2.05, 4.69) is 74.7 Å². The summed E-state index contributed by atoms with van der Waals surface area (Å²) in [5.74, 6) is -0.560. The molecule has 1 amide bonds. The maximum atomic E-state index is 13.5. The van der Waals surface area contributed by atoms with Gasteiger partial charge < -0.3 is 28.5 Å². The van der Waals surface area contributed by atoms with E-state index in [0.717, 1.165) is 83.5 Å². The lowest BCUT2D eigenvalue weighted by Crippen LogP contribution is -2.47. The van der Waals surface area contributed by atoms with Gasteiger partial charge in [0.2, 0.25) is 5.91 Å². The minimum absolute atomic E-state index is 0.0263. The molecule has 3 atom stereocenters. The van der Waals surface area contributed by atoms with Crippen molar-refractivity contribution in [1.29, 1.82) is 0 Å². The van der Waals surface area contributed by atoms with E-state index >= 15 is 0 Å². The highest BCUT2D eigenvalue weighted by Gasteiger charge is 2.27. The van der Waals surface area contributed by atoms with Crippen LogP contribution in [0.1, 0.15) is 284 Å². The minimum atomic E-state index is -4.70. The normalized spacial score (nSPS) is 14.1. The van der Waals surface area contributed by atoms with Crippen molar-refractivity contribution >= 4 is 19.7 Å². The van der Waals surface area contributed by atoms with E-state index in [9.17, 15) is 19.0 Å². The van der Waals surface area contributed by atoms with Gasteiger partial charge in [-0.25, -0.2) is 0 Å². The molecule has 0 bridgehead atoms. The summed E-state index contributed by atoms with van der Waals surface area (Å²) in [6.45, 7) is 6.80. The van der Waals surface area contributed by atoms with Crippen LogP contribution >= 0.6 is 7.82 Å². The van der Waals surface area contributed by atoms with Crippen LogP contribution in [0.3, 0.4) is 0 Å². The first kappa shape index (κ1) is 71.7. The van der Waals surface area contributed by atoms with Gasteiger partial charge >= 0.3 is 5.97 Å². The maximum absolute atomic E-state index is 13.5. The molecule has 432 valence electrons. The third-order valence-corrected chi connectivity index (χ3v) is 14.6. The molecule has 10 heteroatoms. The summed E-state index contributed by atoms with van der Waals surface area (Å²) in [7, 11) is 1.17. The predicted molar refractivity (Wildman–Crippen MR) is 316 cm³/mol. The second kappa shape index (κ2) is 54.1. The Morgan fingerprint density at radius 3 is 1.28 bits per heavy atom. The van der Waals surface area contributed by atoms with E-state index < -0.39 is 26.6 Å². The zero-order valence-electron chi connectivity index (χ0n) is 49.3. The average Bonchev–Trinajstić information content (AvgIpc) is 3.36. The minimum Gasteiger partial charge on any atom is -0.756 e. The van der Waals surface area contributed by atoms with Gasteiger partial charge in [-0.05, 0) is 96.0 Å². The number of esters is 1. The van der Waals surface area contributed by atoms with Crippen LogP contribution in [0.4, 0.5) is 0 Å². The first-order chi connectivity index (χ1) is 35.9. The molecule has 0 spiro atoms. The fraction of sp³-hybridized carbons (Fsp3) is 0.812. The molecular formula is C64H119N2O7P.